The average molecular weight is 490 g/mol. The zero-order valence-corrected chi connectivity index (χ0v) is 20.8. The van der Waals surface area contributed by atoms with Gasteiger partial charge in [0, 0.05) is 23.5 Å². The van der Waals surface area contributed by atoms with Crippen molar-refractivity contribution in [1.82, 2.24) is 14.9 Å². The lowest BCUT2D eigenvalue weighted by Crippen LogP contribution is -2.39. The van der Waals surface area contributed by atoms with E-state index in [1.54, 1.807) is 7.11 Å². The summed E-state index contributed by atoms with van der Waals surface area (Å²) in [5.41, 5.74) is 2.64. The first-order valence-electron chi connectivity index (χ1n) is 12.2. The minimum absolute atomic E-state index is 0.121. The summed E-state index contributed by atoms with van der Waals surface area (Å²) in [4.78, 5) is 24.1. The van der Waals surface area contributed by atoms with Crippen LogP contribution in [0.1, 0.15) is 49.6 Å². The highest BCUT2D eigenvalue weighted by atomic mass is 32.1. The van der Waals surface area contributed by atoms with Gasteiger partial charge in [-0.2, -0.15) is 0 Å². The second-order valence-electron chi connectivity index (χ2n) is 9.22. The van der Waals surface area contributed by atoms with Crippen LogP contribution in [0.3, 0.4) is 0 Å². The lowest BCUT2D eigenvalue weighted by Gasteiger charge is -2.35. The Labute approximate surface area is 209 Å². The van der Waals surface area contributed by atoms with Gasteiger partial charge in [-0.25, -0.2) is 4.98 Å². The fourth-order valence-corrected chi connectivity index (χ4v) is 6.00. The number of nitrogens with one attached hydrogen (secondary N) is 1. The molecule has 2 heterocycles. The van der Waals surface area contributed by atoms with Crippen molar-refractivity contribution in [3.63, 3.8) is 0 Å². The van der Waals surface area contributed by atoms with Crippen molar-refractivity contribution in [2.45, 2.75) is 50.8 Å². The van der Waals surface area contributed by atoms with E-state index < -0.39 is 6.10 Å². The molecule has 0 bridgehead atoms. The third-order valence-corrected chi connectivity index (χ3v) is 7.80. The number of benzene rings is 2. The van der Waals surface area contributed by atoms with E-state index in [0.717, 1.165) is 40.1 Å². The molecule has 2 aromatic heterocycles. The molecule has 0 spiro atoms. The van der Waals surface area contributed by atoms with E-state index in [0.29, 0.717) is 30.3 Å². The van der Waals surface area contributed by atoms with E-state index in [1.807, 2.05) is 60.0 Å². The number of H-pyrrole nitrogens is 1. The van der Waals surface area contributed by atoms with E-state index in [4.69, 9.17) is 9.72 Å². The summed E-state index contributed by atoms with van der Waals surface area (Å²) < 4.78 is 5.26. The second kappa shape index (κ2) is 10.7. The second-order valence-corrected chi connectivity index (χ2v) is 10.1. The first-order valence-corrected chi connectivity index (χ1v) is 13.1. The number of nitrogens with zero attached hydrogens (tertiary/aromatic N) is 2. The van der Waals surface area contributed by atoms with Gasteiger partial charge in [-0.05, 0) is 36.1 Å². The molecule has 2 aromatic carbocycles. The number of aliphatic hydroxyl groups excluding tert-OH is 1. The van der Waals surface area contributed by atoms with Crippen molar-refractivity contribution >= 4 is 21.6 Å². The molecule has 1 fully saturated rings. The van der Waals surface area contributed by atoms with Crippen LogP contribution < -0.4 is 10.3 Å². The number of hydrogen-bond acceptors (Lipinski definition) is 6. The third kappa shape index (κ3) is 5.32. The number of ether oxygens (including phenoxy) is 1. The van der Waals surface area contributed by atoms with Crippen LogP contribution in [0.25, 0.3) is 21.3 Å². The number of methoxy groups -OCH3 is 1. The molecule has 0 saturated heterocycles. The van der Waals surface area contributed by atoms with Crippen LogP contribution in [0.5, 0.6) is 5.75 Å². The van der Waals surface area contributed by atoms with E-state index in [2.05, 4.69) is 9.88 Å². The molecule has 0 unspecified atom stereocenters. The van der Waals surface area contributed by atoms with Crippen LogP contribution in [0.2, 0.25) is 0 Å². The molecule has 35 heavy (non-hydrogen) atoms. The van der Waals surface area contributed by atoms with E-state index >= 15 is 0 Å². The Morgan fingerprint density at radius 3 is 2.57 bits per heavy atom. The SMILES string of the molecule is COc1ccc(-c2csc3nc(CN(C[C@@H](O)c4ccccc4)C4CCCCC4)[nH]c(=O)c23)cc1. The molecular weight excluding hydrogens is 458 g/mol. The standard InChI is InChI=1S/C28H31N3O3S/c1-34-22-14-12-19(13-15-22)23-18-35-28-26(23)27(33)29-25(30-28)17-31(21-10-6-3-7-11-21)16-24(32)20-8-4-2-5-9-20/h2,4-5,8-9,12-15,18,21,24,32H,3,6-7,10-11,16-17H2,1H3,(H,29,30,33)/t24-/m1/s1. The Morgan fingerprint density at radius 1 is 1.11 bits per heavy atom. The number of aromatic amines is 1. The Kier molecular flexibility index (Phi) is 7.27. The van der Waals surface area contributed by atoms with Gasteiger partial charge in [0.05, 0.1) is 25.1 Å². The number of thiophene rings is 1. The summed E-state index contributed by atoms with van der Waals surface area (Å²) in [5, 5.41) is 13.6. The molecule has 1 aliphatic rings. The fourth-order valence-electron chi connectivity index (χ4n) is 5.04. The van der Waals surface area contributed by atoms with Gasteiger partial charge in [0.25, 0.3) is 5.56 Å². The van der Waals surface area contributed by atoms with Crippen LogP contribution >= 0.6 is 11.3 Å². The summed E-state index contributed by atoms with van der Waals surface area (Å²) in [6, 6.07) is 17.9. The maximum Gasteiger partial charge on any atom is 0.260 e. The van der Waals surface area contributed by atoms with E-state index in [9.17, 15) is 9.90 Å². The predicted molar refractivity (Wildman–Crippen MR) is 141 cm³/mol. The maximum atomic E-state index is 13.2. The number of fused-ring (bicyclic) bond motifs is 1. The Morgan fingerprint density at radius 2 is 1.86 bits per heavy atom. The topological polar surface area (TPSA) is 78.5 Å². The van der Waals surface area contributed by atoms with Crippen molar-refractivity contribution in [2.75, 3.05) is 13.7 Å². The molecule has 1 atom stereocenters. The van der Waals surface area contributed by atoms with E-state index in [-0.39, 0.29) is 5.56 Å². The zero-order chi connectivity index (χ0) is 24.2. The van der Waals surface area contributed by atoms with Crippen LogP contribution in [0, 0.1) is 0 Å². The molecule has 0 aliphatic heterocycles. The molecule has 5 rings (SSSR count). The Hall–Kier alpha value is -3.00. The highest BCUT2D eigenvalue weighted by Gasteiger charge is 2.25. The molecule has 1 aliphatic carbocycles. The highest BCUT2D eigenvalue weighted by molar-refractivity contribution is 7.17. The molecule has 2 N–H and O–H groups in total. The highest BCUT2D eigenvalue weighted by Crippen LogP contribution is 2.32. The van der Waals surface area contributed by atoms with Gasteiger partial charge in [0.2, 0.25) is 0 Å². The predicted octanol–water partition coefficient (Wildman–Crippen LogP) is 5.53. The number of aromatic nitrogens is 2. The minimum atomic E-state index is -0.586. The van der Waals surface area contributed by atoms with Gasteiger partial charge < -0.3 is 14.8 Å². The van der Waals surface area contributed by atoms with Crippen LogP contribution in [0.4, 0.5) is 0 Å². The Bertz CT molecular complexity index is 1310. The minimum Gasteiger partial charge on any atom is -0.497 e. The summed E-state index contributed by atoms with van der Waals surface area (Å²) in [6.45, 7) is 1.02. The van der Waals surface area contributed by atoms with Crippen molar-refractivity contribution < 1.29 is 9.84 Å². The number of aliphatic hydroxyl groups is 1. The van der Waals surface area contributed by atoms with Crippen molar-refractivity contribution in [3.8, 4) is 16.9 Å². The molecule has 6 nitrogen and oxygen atoms in total. The lowest BCUT2D eigenvalue weighted by molar-refractivity contribution is 0.0657. The first kappa shape index (κ1) is 23.7. The lowest BCUT2D eigenvalue weighted by atomic mass is 9.93. The number of rotatable bonds is 8. The van der Waals surface area contributed by atoms with E-state index in [1.165, 1.54) is 30.6 Å². The van der Waals surface area contributed by atoms with Gasteiger partial charge in [-0.15, -0.1) is 11.3 Å². The third-order valence-electron chi connectivity index (χ3n) is 6.93. The molecule has 7 heteroatoms. The molecule has 1 saturated carbocycles. The van der Waals surface area contributed by atoms with Crippen LogP contribution in [-0.2, 0) is 6.54 Å². The quantitative estimate of drug-likeness (QED) is 0.340. The number of hydrogen-bond donors (Lipinski definition) is 2. The fraction of sp³-hybridized carbons (Fsp3) is 0.357. The molecule has 182 valence electrons. The Balaban J connectivity index is 1.42. The van der Waals surface area contributed by atoms with Gasteiger partial charge in [0.1, 0.15) is 16.4 Å². The van der Waals surface area contributed by atoms with Crippen molar-refractivity contribution in [1.29, 1.82) is 0 Å². The summed E-state index contributed by atoms with van der Waals surface area (Å²) in [6.07, 6.45) is 5.28. The molecule has 0 radical (unpaired) electrons. The maximum absolute atomic E-state index is 13.2. The first-order chi connectivity index (χ1) is 17.1. The smallest absolute Gasteiger partial charge is 0.260 e. The van der Waals surface area contributed by atoms with Crippen LogP contribution in [-0.4, -0.2) is 39.7 Å². The van der Waals surface area contributed by atoms with Gasteiger partial charge in [-0.1, -0.05) is 61.7 Å². The summed E-state index contributed by atoms with van der Waals surface area (Å²) in [7, 11) is 1.64. The normalized spacial score (nSPS) is 15.5. The van der Waals surface area contributed by atoms with Crippen LogP contribution in [0.15, 0.2) is 64.8 Å². The monoisotopic (exact) mass is 489 g/mol. The average Bonchev–Trinajstić information content (AvgIpc) is 3.34. The molecular formula is C28H31N3O3S. The molecule has 0 amide bonds. The zero-order valence-electron chi connectivity index (χ0n) is 19.9. The van der Waals surface area contributed by atoms with Gasteiger partial charge in [-0.3, -0.25) is 9.69 Å². The molecule has 4 aromatic rings. The van der Waals surface area contributed by atoms with Crippen molar-refractivity contribution in [3.05, 3.63) is 81.7 Å². The largest absolute Gasteiger partial charge is 0.497 e. The van der Waals surface area contributed by atoms with Gasteiger partial charge in [0.15, 0.2) is 0 Å². The summed E-state index contributed by atoms with van der Waals surface area (Å²) in [5.74, 6) is 1.43. The van der Waals surface area contributed by atoms with Crippen molar-refractivity contribution in [2.24, 2.45) is 0 Å². The van der Waals surface area contributed by atoms with Gasteiger partial charge >= 0.3 is 0 Å². The summed E-state index contributed by atoms with van der Waals surface area (Å²) >= 11 is 1.49.